The summed E-state index contributed by atoms with van der Waals surface area (Å²) in [5.41, 5.74) is 23.5. The Morgan fingerprint density at radius 1 is 0.303 bits per heavy atom. The lowest BCUT2D eigenvalue weighted by Gasteiger charge is -2.38. The molecule has 6 nitrogen and oxygen atoms in total. The summed E-state index contributed by atoms with van der Waals surface area (Å²) in [6.07, 6.45) is 22.6. The number of nitrogens with two attached hydrogens (primary N) is 2. The van der Waals surface area contributed by atoms with E-state index in [1.54, 1.807) is 0 Å². The molecule has 3 aliphatic rings. The molecular weight excluding hydrogens is 805 g/mol. The van der Waals surface area contributed by atoms with Gasteiger partial charge in [-0.05, 0) is 208 Å². The second-order valence-electron chi connectivity index (χ2n) is 19.3. The zero-order chi connectivity index (χ0) is 44.9. The van der Waals surface area contributed by atoms with Gasteiger partial charge in [0, 0.05) is 48.1 Å². The zero-order valence-electron chi connectivity index (χ0n) is 38.4. The second-order valence-corrected chi connectivity index (χ2v) is 19.3. The third kappa shape index (κ3) is 12.1. The van der Waals surface area contributed by atoms with E-state index in [0.29, 0.717) is 41.4 Å². The average Bonchev–Trinajstić information content (AvgIpc) is 3.37. The highest BCUT2D eigenvalue weighted by molar-refractivity contribution is 5.70. The Labute approximate surface area is 393 Å². The molecule has 66 heavy (non-hydrogen) atoms. The maximum atomic E-state index is 6.17. The Hall–Kier alpha value is -6.40. The smallest absolute Gasteiger partial charge is 0.0626 e. The molecule has 9 rings (SSSR count). The third-order valence-corrected chi connectivity index (χ3v) is 14.7. The number of benzene rings is 6. The highest BCUT2D eigenvalue weighted by Crippen LogP contribution is 2.48. The van der Waals surface area contributed by atoms with Gasteiger partial charge < -0.3 is 11.5 Å². The maximum absolute atomic E-state index is 6.17. The molecule has 0 amide bonds. The van der Waals surface area contributed by atoms with Gasteiger partial charge in [0.25, 0.3) is 0 Å². The van der Waals surface area contributed by atoms with Gasteiger partial charge in [-0.1, -0.05) is 84.9 Å². The molecule has 0 aromatic heterocycles. The fraction of sp³-hybridized carbons (Fsp3) is 0.333. The van der Waals surface area contributed by atoms with Crippen LogP contribution < -0.4 is 11.5 Å². The van der Waals surface area contributed by atoms with Crippen molar-refractivity contribution in [2.45, 2.75) is 88.9 Å². The van der Waals surface area contributed by atoms with Crippen LogP contribution in [0.25, 0.3) is 0 Å². The first-order chi connectivity index (χ1) is 32.5. The standard InChI is InChI=1S/C60H66N6/c61-53-31-23-49(24-32-53)59(50-25-33-54(62)34-26-50)47-19-21-48(22-20-47)60(51-27-35-57(36-28-51)65-41-45-15-11-43(12-16-45)39-63-55-7-3-1-4-8-55)52-29-37-58(38-30-52)66-42-46-17-13-44(14-18-46)40-64-56-9-5-2-6-10-56/h1-10,23-48,59-60H,11-22,61-62H2/b63-39+,64-40+,65-41+,66-42+. The fourth-order valence-electron chi connectivity index (χ4n) is 10.9. The van der Waals surface area contributed by atoms with Gasteiger partial charge in [0.2, 0.25) is 0 Å². The highest BCUT2D eigenvalue weighted by atomic mass is 14.7. The Balaban J connectivity index is 0.878. The molecular formula is C60H66N6. The number of hydrogen-bond acceptors (Lipinski definition) is 6. The molecule has 3 saturated carbocycles. The molecule has 3 aliphatic carbocycles. The van der Waals surface area contributed by atoms with Crippen LogP contribution >= 0.6 is 0 Å². The van der Waals surface area contributed by atoms with E-state index in [-0.39, 0.29) is 5.92 Å². The predicted molar refractivity (Wildman–Crippen MR) is 280 cm³/mol. The van der Waals surface area contributed by atoms with Crippen molar-refractivity contribution in [2.75, 3.05) is 11.5 Å². The number of rotatable bonds is 14. The van der Waals surface area contributed by atoms with Gasteiger partial charge in [0.05, 0.1) is 22.7 Å². The van der Waals surface area contributed by atoms with E-state index in [1.807, 2.05) is 60.7 Å². The molecule has 3 fully saturated rings. The minimum absolute atomic E-state index is 0.286. The van der Waals surface area contributed by atoms with Crippen LogP contribution in [0, 0.1) is 35.5 Å². The minimum Gasteiger partial charge on any atom is -0.399 e. The van der Waals surface area contributed by atoms with Gasteiger partial charge in [0.1, 0.15) is 0 Å². The summed E-state index contributed by atoms with van der Waals surface area (Å²) in [5, 5.41) is 0. The van der Waals surface area contributed by atoms with Crippen molar-refractivity contribution in [1.82, 2.24) is 0 Å². The molecule has 0 bridgehead atoms. The van der Waals surface area contributed by atoms with E-state index < -0.39 is 0 Å². The van der Waals surface area contributed by atoms with Crippen molar-refractivity contribution >= 4 is 59.0 Å². The van der Waals surface area contributed by atoms with Crippen LogP contribution in [0.3, 0.4) is 0 Å². The number of para-hydroxylation sites is 2. The van der Waals surface area contributed by atoms with Crippen LogP contribution in [0.2, 0.25) is 0 Å². The van der Waals surface area contributed by atoms with Crippen molar-refractivity contribution in [1.29, 1.82) is 0 Å². The topological polar surface area (TPSA) is 101 Å². The fourth-order valence-corrected chi connectivity index (χ4v) is 10.9. The Morgan fingerprint density at radius 2 is 0.545 bits per heavy atom. The quantitative estimate of drug-likeness (QED) is 0.0841. The van der Waals surface area contributed by atoms with Crippen molar-refractivity contribution in [3.8, 4) is 0 Å². The van der Waals surface area contributed by atoms with Gasteiger partial charge in [0.15, 0.2) is 0 Å². The van der Waals surface area contributed by atoms with E-state index in [0.717, 1.165) is 111 Å². The molecule has 6 aromatic rings. The molecule has 0 aliphatic heterocycles. The summed E-state index contributed by atoms with van der Waals surface area (Å²) in [7, 11) is 0. The number of nitrogen functional groups attached to an aromatic ring is 2. The van der Waals surface area contributed by atoms with Crippen LogP contribution in [0.15, 0.2) is 178 Å². The first-order valence-electron chi connectivity index (χ1n) is 24.7. The summed E-state index contributed by atoms with van der Waals surface area (Å²) >= 11 is 0. The SMILES string of the molecule is Nc1ccc(C(c2ccc(N)cc2)C2CCC(C(c3ccc(/N=C/C4CCC(/C=N/c5ccccc5)CC4)cc3)c3ccc(/N=C/C4CCC(/C=N/c5ccccc5)CC4)cc3)CC2)cc1. The molecule has 0 atom stereocenters. The van der Waals surface area contributed by atoms with Crippen LogP contribution in [0.1, 0.15) is 111 Å². The molecule has 4 N–H and O–H groups in total. The average molecular weight is 871 g/mol. The van der Waals surface area contributed by atoms with E-state index >= 15 is 0 Å². The lowest BCUT2D eigenvalue weighted by Crippen LogP contribution is -2.25. The highest BCUT2D eigenvalue weighted by Gasteiger charge is 2.34. The lowest BCUT2D eigenvalue weighted by molar-refractivity contribution is 0.240. The summed E-state index contributed by atoms with van der Waals surface area (Å²) in [6, 6.07) is 56.0. The van der Waals surface area contributed by atoms with Crippen LogP contribution in [-0.4, -0.2) is 24.9 Å². The van der Waals surface area contributed by atoms with Gasteiger partial charge in [-0.3, -0.25) is 20.0 Å². The van der Waals surface area contributed by atoms with E-state index in [4.69, 9.17) is 31.4 Å². The van der Waals surface area contributed by atoms with Crippen molar-refractivity contribution < 1.29 is 0 Å². The third-order valence-electron chi connectivity index (χ3n) is 14.7. The Bertz CT molecular complexity index is 2340. The molecule has 6 heteroatoms. The first kappa shape index (κ1) is 44.8. The van der Waals surface area contributed by atoms with E-state index in [9.17, 15) is 0 Å². The van der Waals surface area contributed by atoms with Crippen molar-refractivity contribution in [2.24, 2.45) is 55.5 Å². The predicted octanol–water partition coefficient (Wildman–Crippen LogP) is 15.4. The normalized spacial score (nSPS) is 23.3. The number of aliphatic imine (C=N–C) groups is 4. The summed E-state index contributed by atoms with van der Waals surface area (Å²) in [6.45, 7) is 0. The molecule has 336 valence electrons. The number of nitrogens with zero attached hydrogens (tertiary/aromatic N) is 4. The minimum atomic E-state index is 0.286. The lowest BCUT2D eigenvalue weighted by atomic mass is 9.66. The number of anilines is 2. The largest absolute Gasteiger partial charge is 0.399 e. The van der Waals surface area contributed by atoms with Crippen LogP contribution in [0.5, 0.6) is 0 Å². The molecule has 0 unspecified atom stereocenters. The molecule has 0 heterocycles. The molecule has 0 spiro atoms. The molecule has 0 radical (unpaired) electrons. The van der Waals surface area contributed by atoms with Crippen molar-refractivity contribution in [3.63, 3.8) is 0 Å². The molecule has 6 aromatic carbocycles. The molecule has 0 saturated heterocycles. The second kappa shape index (κ2) is 22.2. The van der Waals surface area contributed by atoms with Crippen molar-refractivity contribution in [3.05, 3.63) is 180 Å². The first-order valence-corrected chi connectivity index (χ1v) is 24.7. The van der Waals surface area contributed by atoms with Crippen LogP contribution in [0.4, 0.5) is 34.1 Å². The summed E-state index contributed by atoms with van der Waals surface area (Å²) in [4.78, 5) is 19.5. The van der Waals surface area contributed by atoms with Gasteiger partial charge in [-0.15, -0.1) is 0 Å². The van der Waals surface area contributed by atoms with Crippen LogP contribution in [-0.2, 0) is 0 Å². The Kier molecular flexibility index (Phi) is 15.1. The van der Waals surface area contributed by atoms with Gasteiger partial charge in [-0.2, -0.15) is 0 Å². The van der Waals surface area contributed by atoms with Gasteiger partial charge in [-0.25, -0.2) is 0 Å². The Morgan fingerprint density at radius 3 is 0.818 bits per heavy atom. The zero-order valence-corrected chi connectivity index (χ0v) is 38.4. The summed E-state index contributed by atoms with van der Waals surface area (Å²) < 4.78 is 0. The van der Waals surface area contributed by atoms with E-state index in [1.165, 1.54) is 22.3 Å². The monoisotopic (exact) mass is 871 g/mol. The maximum Gasteiger partial charge on any atom is 0.0626 e. The summed E-state index contributed by atoms with van der Waals surface area (Å²) in [5.74, 6) is 3.73. The number of hydrogen-bond donors (Lipinski definition) is 2. The van der Waals surface area contributed by atoms with Gasteiger partial charge >= 0.3 is 0 Å². The van der Waals surface area contributed by atoms with E-state index in [2.05, 4.69) is 122 Å².